The average Bonchev–Trinajstić information content (AvgIpc) is 2.78. The van der Waals surface area contributed by atoms with Crippen LogP contribution in [0.15, 0.2) is 17.9 Å². The van der Waals surface area contributed by atoms with Crippen molar-refractivity contribution in [3.8, 4) is 0 Å². The van der Waals surface area contributed by atoms with Gasteiger partial charge in [0.15, 0.2) is 0 Å². The molecule has 1 aliphatic heterocycles. The highest BCUT2D eigenvalue weighted by molar-refractivity contribution is 6.23. The van der Waals surface area contributed by atoms with E-state index in [9.17, 15) is 9.90 Å². The molecule has 3 rings (SSSR count). The normalized spacial score (nSPS) is 26.4. The van der Waals surface area contributed by atoms with Crippen LogP contribution in [0.2, 0.25) is 0 Å². The molecule has 2 N–H and O–H groups in total. The topological polar surface area (TPSA) is 58.6 Å². The Kier molecular flexibility index (Phi) is 4.92. The highest BCUT2D eigenvalue weighted by Gasteiger charge is 2.48. The van der Waals surface area contributed by atoms with Crippen molar-refractivity contribution >= 4 is 11.5 Å². The summed E-state index contributed by atoms with van der Waals surface area (Å²) in [6, 6.07) is 4.14. The zero-order valence-electron chi connectivity index (χ0n) is 15.7. The van der Waals surface area contributed by atoms with E-state index in [0.717, 1.165) is 55.4 Å². The minimum atomic E-state index is -0.570. The van der Waals surface area contributed by atoms with Crippen LogP contribution in [0.1, 0.15) is 54.4 Å². The third-order valence-corrected chi connectivity index (χ3v) is 5.89. The number of aryl methyl sites for hydroxylation is 3. The van der Waals surface area contributed by atoms with Gasteiger partial charge in [0.1, 0.15) is 5.76 Å². The number of carbonyl (C=O) groups is 1. The van der Waals surface area contributed by atoms with Gasteiger partial charge in [-0.2, -0.15) is 0 Å². The van der Waals surface area contributed by atoms with Crippen molar-refractivity contribution < 1.29 is 14.6 Å². The third-order valence-electron chi connectivity index (χ3n) is 5.89. The van der Waals surface area contributed by atoms with Gasteiger partial charge in [-0.1, -0.05) is 17.7 Å². The van der Waals surface area contributed by atoms with E-state index in [4.69, 9.17) is 4.74 Å². The number of rotatable bonds is 4. The highest BCUT2D eigenvalue weighted by atomic mass is 16.5. The Morgan fingerprint density at radius 1 is 1.20 bits per heavy atom. The average molecular weight is 343 g/mol. The van der Waals surface area contributed by atoms with Crippen molar-refractivity contribution in [1.82, 2.24) is 5.32 Å². The van der Waals surface area contributed by atoms with E-state index in [1.54, 1.807) is 7.11 Å². The molecule has 2 aliphatic rings. The minimum absolute atomic E-state index is 0.136. The van der Waals surface area contributed by atoms with E-state index < -0.39 is 5.54 Å². The predicted octanol–water partition coefficient (Wildman–Crippen LogP) is 3.98. The van der Waals surface area contributed by atoms with Crippen LogP contribution in [0.3, 0.4) is 0 Å². The molecule has 1 aromatic carbocycles. The van der Waals surface area contributed by atoms with Gasteiger partial charge in [-0.05, 0) is 75.5 Å². The van der Waals surface area contributed by atoms with Gasteiger partial charge in [0, 0.05) is 13.7 Å². The van der Waals surface area contributed by atoms with Crippen LogP contribution in [-0.4, -0.2) is 30.3 Å². The fourth-order valence-corrected chi connectivity index (χ4v) is 4.60. The number of amides is 1. The van der Waals surface area contributed by atoms with Gasteiger partial charge < -0.3 is 15.2 Å². The molecule has 25 heavy (non-hydrogen) atoms. The Balaban J connectivity index is 1.91. The molecule has 0 unspecified atom stereocenters. The zero-order valence-corrected chi connectivity index (χ0v) is 15.7. The number of hydrogen-bond donors (Lipinski definition) is 2. The number of hydrogen-bond acceptors (Lipinski definition) is 3. The molecule has 4 nitrogen and oxygen atoms in total. The zero-order chi connectivity index (χ0) is 18.2. The number of aliphatic hydroxyl groups is 1. The predicted molar refractivity (Wildman–Crippen MR) is 99.5 cm³/mol. The molecule has 1 heterocycles. The van der Waals surface area contributed by atoms with E-state index in [1.165, 1.54) is 5.56 Å². The van der Waals surface area contributed by atoms with Gasteiger partial charge in [-0.3, -0.25) is 4.79 Å². The van der Waals surface area contributed by atoms with Crippen LogP contribution in [0.25, 0.3) is 5.57 Å². The number of carbonyl (C=O) groups excluding carboxylic acids is 1. The van der Waals surface area contributed by atoms with E-state index in [0.29, 0.717) is 11.5 Å². The molecule has 0 aromatic heterocycles. The number of benzene rings is 1. The molecular formula is C21H29NO3. The monoisotopic (exact) mass is 343 g/mol. The number of aliphatic hydroxyl groups excluding tert-OH is 1. The largest absolute Gasteiger partial charge is 0.509 e. The van der Waals surface area contributed by atoms with Crippen LogP contribution in [0.4, 0.5) is 0 Å². The molecule has 1 fully saturated rings. The molecule has 1 spiro atoms. The quantitative estimate of drug-likeness (QED) is 0.869. The Morgan fingerprint density at radius 2 is 1.80 bits per heavy atom. The fraction of sp³-hybridized carbons (Fsp3) is 0.571. The molecule has 0 saturated heterocycles. The van der Waals surface area contributed by atoms with Crippen molar-refractivity contribution in [2.24, 2.45) is 5.92 Å². The first-order chi connectivity index (χ1) is 11.9. The number of ether oxygens (including phenoxy) is 1. The molecular weight excluding hydrogens is 314 g/mol. The lowest BCUT2D eigenvalue weighted by Gasteiger charge is -2.37. The molecule has 0 bridgehead atoms. The van der Waals surface area contributed by atoms with Crippen LogP contribution >= 0.6 is 0 Å². The molecule has 0 radical (unpaired) electrons. The highest BCUT2D eigenvalue weighted by Crippen LogP contribution is 2.44. The summed E-state index contributed by atoms with van der Waals surface area (Å²) in [5.41, 5.74) is 4.05. The molecule has 4 heteroatoms. The maximum absolute atomic E-state index is 12.8. The second kappa shape index (κ2) is 6.83. The maximum atomic E-state index is 12.8. The van der Waals surface area contributed by atoms with Gasteiger partial charge in [0.25, 0.3) is 5.91 Å². The SMILES string of the molecule is COCCC1CCC2(CC1)NC(=O)C(c1c(C)cc(C)cc1C)=C2O. The molecule has 1 amide bonds. The smallest absolute Gasteiger partial charge is 0.256 e. The lowest BCUT2D eigenvalue weighted by Crippen LogP contribution is -2.47. The van der Waals surface area contributed by atoms with Crippen molar-refractivity contribution in [3.63, 3.8) is 0 Å². The van der Waals surface area contributed by atoms with Crippen molar-refractivity contribution in [3.05, 3.63) is 40.1 Å². The van der Waals surface area contributed by atoms with Crippen LogP contribution in [0, 0.1) is 26.7 Å². The van der Waals surface area contributed by atoms with Crippen molar-refractivity contribution in [1.29, 1.82) is 0 Å². The summed E-state index contributed by atoms with van der Waals surface area (Å²) in [5, 5.41) is 14.2. The standard InChI is InChI=1S/C21H29NO3/c1-13-11-14(2)17(15(3)12-13)18-19(23)21(22-20(18)24)8-5-16(6-9-21)7-10-25-4/h11-12,16,23H,5-10H2,1-4H3,(H,22,24). The van der Waals surface area contributed by atoms with E-state index in [2.05, 4.69) is 24.4 Å². The van der Waals surface area contributed by atoms with Crippen molar-refractivity contribution in [2.75, 3.05) is 13.7 Å². The maximum Gasteiger partial charge on any atom is 0.256 e. The van der Waals surface area contributed by atoms with Gasteiger partial charge in [0.2, 0.25) is 0 Å². The fourth-order valence-electron chi connectivity index (χ4n) is 4.60. The molecule has 1 aromatic rings. The van der Waals surface area contributed by atoms with Crippen LogP contribution in [-0.2, 0) is 9.53 Å². The summed E-state index contributed by atoms with van der Waals surface area (Å²) >= 11 is 0. The first-order valence-electron chi connectivity index (χ1n) is 9.21. The van der Waals surface area contributed by atoms with Gasteiger partial charge in [-0.15, -0.1) is 0 Å². The summed E-state index contributed by atoms with van der Waals surface area (Å²) in [4.78, 5) is 12.8. The third kappa shape index (κ3) is 3.20. The Morgan fingerprint density at radius 3 is 2.36 bits per heavy atom. The summed E-state index contributed by atoms with van der Waals surface area (Å²) in [6.07, 6.45) is 4.66. The first kappa shape index (κ1) is 18.0. The Bertz CT molecular complexity index is 689. The summed E-state index contributed by atoms with van der Waals surface area (Å²) in [5.74, 6) is 0.725. The second-order valence-corrected chi connectivity index (χ2v) is 7.76. The lowest BCUT2D eigenvalue weighted by atomic mass is 9.74. The molecule has 1 aliphatic carbocycles. The van der Waals surface area contributed by atoms with E-state index in [1.807, 2.05) is 13.8 Å². The van der Waals surface area contributed by atoms with Gasteiger partial charge in [-0.25, -0.2) is 0 Å². The van der Waals surface area contributed by atoms with Gasteiger partial charge in [0.05, 0.1) is 11.1 Å². The lowest BCUT2D eigenvalue weighted by molar-refractivity contribution is -0.116. The van der Waals surface area contributed by atoms with Gasteiger partial charge >= 0.3 is 0 Å². The molecule has 1 saturated carbocycles. The summed E-state index contributed by atoms with van der Waals surface area (Å²) in [6.45, 7) is 6.85. The minimum Gasteiger partial charge on any atom is -0.509 e. The Labute approximate surface area is 150 Å². The van der Waals surface area contributed by atoms with E-state index >= 15 is 0 Å². The molecule has 0 atom stereocenters. The summed E-state index contributed by atoms with van der Waals surface area (Å²) in [7, 11) is 1.73. The Hall–Kier alpha value is -1.81. The van der Waals surface area contributed by atoms with Crippen molar-refractivity contribution in [2.45, 2.75) is 58.4 Å². The first-order valence-corrected chi connectivity index (χ1v) is 9.21. The second-order valence-electron chi connectivity index (χ2n) is 7.76. The summed E-state index contributed by atoms with van der Waals surface area (Å²) < 4.78 is 5.18. The van der Waals surface area contributed by atoms with E-state index in [-0.39, 0.29) is 11.7 Å². The number of nitrogens with one attached hydrogen (secondary N) is 1. The van der Waals surface area contributed by atoms with Crippen LogP contribution < -0.4 is 5.32 Å². The number of methoxy groups -OCH3 is 1. The molecule has 136 valence electrons. The van der Waals surface area contributed by atoms with Crippen LogP contribution in [0.5, 0.6) is 0 Å².